The first-order valence-corrected chi connectivity index (χ1v) is 10.2. The van der Waals surface area contributed by atoms with E-state index < -0.39 is 5.91 Å². The lowest BCUT2D eigenvalue weighted by Gasteiger charge is -2.34. The fourth-order valence-electron chi connectivity index (χ4n) is 3.74. The van der Waals surface area contributed by atoms with Gasteiger partial charge in [0.25, 0.3) is 5.91 Å². The minimum absolute atomic E-state index is 0.380. The van der Waals surface area contributed by atoms with E-state index in [4.69, 9.17) is 16.2 Å². The normalized spacial score (nSPS) is 17.3. The number of primary amides is 1. The molecule has 1 fully saturated rings. The standard InChI is InChI=1S/C19H24N6O2S/c20-16-15-14(4-6-22-19(15)28-17(16)18(21)26)24-7-1-3-13(11-24)12-27-10-9-25-8-2-5-23-25/h2,4-6,8,13H,1,3,7,9-12,20H2,(H2,21,26)/t13-/m0/s1. The van der Waals surface area contributed by atoms with Crippen LogP contribution in [0.4, 0.5) is 11.4 Å². The fraction of sp³-hybridized carbons (Fsp3) is 0.421. The summed E-state index contributed by atoms with van der Waals surface area (Å²) in [7, 11) is 0. The van der Waals surface area contributed by atoms with Crippen LogP contribution in [0.15, 0.2) is 30.7 Å². The van der Waals surface area contributed by atoms with Gasteiger partial charge in [0.15, 0.2) is 0 Å². The Bertz CT molecular complexity index is 955. The predicted molar refractivity (Wildman–Crippen MR) is 111 cm³/mol. The molecule has 9 heteroatoms. The summed E-state index contributed by atoms with van der Waals surface area (Å²) in [4.78, 5) is 19.5. The highest BCUT2D eigenvalue weighted by Crippen LogP contribution is 2.39. The maximum absolute atomic E-state index is 11.7. The van der Waals surface area contributed by atoms with Crippen LogP contribution in [-0.4, -0.2) is 47.0 Å². The molecule has 1 saturated heterocycles. The average Bonchev–Trinajstić information content (AvgIpc) is 3.33. The monoisotopic (exact) mass is 400 g/mol. The molecule has 0 aromatic carbocycles. The van der Waals surface area contributed by atoms with Gasteiger partial charge in [0.1, 0.15) is 9.71 Å². The molecular weight excluding hydrogens is 376 g/mol. The molecule has 8 nitrogen and oxygen atoms in total. The molecule has 1 aliphatic rings. The molecule has 3 aromatic rings. The third-order valence-corrected chi connectivity index (χ3v) is 6.20. The maximum atomic E-state index is 11.7. The number of hydrogen-bond acceptors (Lipinski definition) is 7. The number of carbonyl (C=O) groups is 1. The van der Waals surface area contributed by atoms with Gasteiger partial charge in [0.05, 0.1) is 36.5 Å². The van der Waals surface area contributed by atoms with E-state index in [1.165, 1.54) is 11.3 Å². The van der Waals surface area contributed by atoms with Crippen molar-refractivity contribution in [3.8, 4) is 0 Å². The fourth-order valence-corrected chi connectivity index (χ4v) is 4.67. The predicted octanol–water partition coefficient (Wildman–Crippen LogP) is 2.11. The first kappa shape index (κ1) is 18.7. The number of aromatic nitrogens is 3. The van der Waals surface area contributed by atoms with Crippen LogP contribution in [0.1, 0.15) is 22.5 Å². The molecule has 1 aliphatic heterocycles. The summed E-state index contributed by atoms with van der Waals surface area (Å²) in [5.74, 6) is -0.0568. The van der Waals surface area contributed by atoms with Gasteiger partial charge in [-0.15, -0.1) is 11.3 Å². The molecule has 0 saturated carbocycles. The van der Waals surface area contributed by atoms with Crippen molar-refractivity contribution in [1.82, 2.24) is 14.8 Å². The summed E-state index contributed by atoms with van der Waals surface area (Å²) in [5, 5.41) is 5.02. The number of pyridine rings is 1. The van der Waals surface area contributed by atoms with Crippen LogP contribution < -0.4 is 16.4 Å². The van der Waals surface area contributed by atoms with Crippen LogP contribution in [-0.2, 0) is 11.3 Å². The summed E-state index contributed by atoms with van der Waals surface area (Å²) in [5.41, 5.74) is 13.2. The van der Waals surface area contributed by atoms with Gasteiger partial charge in [-0.1, -0.05) is 0 Å². The molecule has 148 valence electrons. The number of nitrogen functional groups attached to an aromatic ring is 1. The molecule has 0 aliphatic carbocycles. The molecule has 3 aromatic heterocycles. The van der Waals surface area contributed by atoms with E-state index in [1.807, 2.05) is 23.0 Å². The second-order valence-corrected chi connectivity index (χ2v) is 8.02. The molecule has 0 radical (unpaired) electrons. The van der Waals surface area contributed by atoms with Gasteiger partial charge < -0.3 is 21.1 Å². The molecular formula is C19H24N6O2S. The van der Waals surface area contributed by atoms with Gasteiger partial charge in [0, 0.05) is 31.7 Å². The molecule has 4 N–H and O–H groups in total. The molecule has 0 spiro atoms. The van der Waals surface area contributed by atoms with Crippen molar-refractivity contribution in [2.45, 2.75) is 19.4 Å². The van der Waals surface area contributed by atoms with E-state index in [2.05, 4.69) is 15.0 Å². The summed E-state index contributed by atoms with van der Waals surface area (Å²) >= 11 is 1.26. The van der Waals surface area contributed by atoms with Crippen LogP contribution >= 0.6 is 11.3 Å². The lowest BCUT2D eigenvalue weighted by Crippen LogP contribution is -2.37. The highest BCUT2D eigenvalue weighted by atomic mass is 32.1. The number of fused-ring (bicyclic) bond motifs is 1. The van der Waals surface area contributed by atoms with Crippen LogP contribution in [0.5, 0.6) is 0 Å². The van der Waals surface area contributed by atoms with Crippen LogP contribution in [0.25, 0.3) is 10.2 Å². The number of amides is 1. The van der Waals surface area contributed by atoms with Gasteiger partial charge in [-0.2, -0.15) is 5.10 Å². The minimum Gasteiger partial charge on any atom is -0.397 e. The van der Waals surface area contributed by atoms with Crippen LogP contribution in [0.2, 0.25) is 0 Å². The molecule has 1 amide bonds. The Morgan fingerprint density at radius 3 is 3.07 bits per heavy atom. The second kappa shape index (κ2) is 8.15. The summed E-state index contributed by atoms with van der Waals surface area (Å²) in [6, 6.07) is 3.88. The topological polar surface area (TPSA) is 112 Å². The van der Waals surface area contributed by atoms with E-state index in [1.54, 1.807) is 12.4 Å². The number of rotatable bonds is 7. The van der Waals surface area contributed by atoms with E-state index in [0.29, 0.717) is 23.1 Å². The molecule has 0 bridgehead atoms. The Morgan fingerprint density at radius 1 is 1.39 bits per heavy atom. The van der Waals surface area contributed by atoms with Crippen molar-refractivity contribution in [3.63, 3.8) is 0 Å². The van der Waals surface area contributed by atoms with Crippen molar-refractivity contribution < 1.29 is 9.53 Å². The Kier molecular flexibility index (Phi) is 5.45. The zero-order valence-electron chi connectivity index (χ0n) is 15.6. The Balaban J connectivity index is 1.43. The zero-order chi connectivity index (χ0) is 19.5. The maximum Gasteiger partial charge on any atom is 0.260 e. The highest BCUT2D eigenvalue weighted by molar-refractivity contribution is 7.21. The highest BCUT2D eigenvalue weighted by Gasteiger charge is 2.25. The van der Waals surface area contributed by atoms with Crippen LogP contribution in [0.3, 0.4) is 0 Å². The van der Waals surface area contributed by atoms with Crippen molar-refractivity contribution in [2.24, 2.45) is 11.7 Å². The van der Waals surface area contributed by atoms with Crippen molar-refractivity contribution in [2.75, 3.05) is 36.9 Å². The average molecular weight is 401 g/mol. The lowest BCUT2D eigenvalue weighted by molar-refractivity contribution is 0.0859. The quantitative estimate of drug-likeness (QED) is 0.588. The van der Waals surface area contributed by atoms with E-state index in [-0.39, 0.29) is 0 Å². The molecule has 4 rings (SSSR count). The number of nitrogens with two attached hydrogens (primary N) is 2. The molecule has 4 heterocycles. The number of thiophene rings is 1. The Morgan fingerprint density at radius 2 is 2.29 bits per heavy atom. The molecule has 0 unspecified atom stereocenters. The number of piperidine rings is 1. The Hall–Kier alpha value is -2.65. The number of anilines is 2. The number of nitrogens with zero attached hydrogens (tertiary/aromatic N) is 4. The van der Waals surface area contributed by atoms with E-state index in [9.17, 15) is 4.79 Å². The summed E-state index contributed by atoms with van der Waals surface area (Å²) in [6.07, 6.45) is 7.70. The second-order valence-electron chi connectivity index (χ2n) is 7.02. The van der Waals surface area contributed by atoms with Crippen molar-refractivity contribution in [1.29, 1.82) is 0 Å². The smallest absolute Gasteiger partial charge is 0.260 e. The summed E-state index contributed by atoms with van der Waals surface area (Å²) < 4.78 is 7.77. The van der Waals surface area contributed by atoms with Crippen LogP contribution in [0, 0.1) is 5.92 Å². The molecule has 28 heavy (non-hydrogen) atoms. The van der Waals surface area contributed by atoms with Crippen molar-refractivity contribution in [3.05, 3.63) is 35.6 Å². The third kappa shape index (κ3) is 3.81. The number of hydrogen-bond donors (Lipinski definition) is 2. The first-order valence-electron chi connectivity index (χ1n) is 9.40. The first-order chi connectivity index (χ1) is 13.6. The van der Waals surface area contributed by atoms with Gasteiger partial charge in [0.2, 0.25) is 0 Å². The largest absolute Gasteiger partial charge is 0.397 e. The lowest BCUT2D eigenvalue weighted by atomic mass is 9.98. The number of carbonyl (C=O) groups excluding carboxylic acids is 1. The van der Waals surface area contributed by atoms with Gasteiger partial charge in [-0.3, -0.25) is 9.48 Å². The summed E-state index contributed by atoms with van der Waals surface area (Å²) in [6.45, 7) is 3.97. The van der Waals surface area contributed by atoms with Crippen molar-refractivity contribution >= 4 is 38.8 Å². The number of ether oxygens (including phenoxy) is 1. The SMILES string of the molecule is NC(=O)c1sc2nccc(N3CCC[C@H](COCCn4cccn4)C3)c2c1N. The zero-order valence-corrected chi connectivity index (χ0v) is 16.4. The van der Waals surface area contributed by atoms with Gasteiger partial charge in [-0.25, -0.2) is 4.98 Å². The van der Waals surface area contributed by atoms with Gasteiger partial charge in [-0.05, 0) is 30.9 Å². The minimum atomic E-state index is -0.506. The van der Waals surface area contributed by atoms with Gasteiger partial charge >= 0.3 is 0 Å². The Labute approximate surface area is 167 Å². The molecule has 1 atom stereocenters. The van der Waals surface area contributed by atoms with E-state index >= 15 is 0 Å². The third-order valence-electron chi connectivity index (χ3n) is 5.07. The van der Waals surface area contributed by atoms with E-state index in [0.717, 1.165) is 55.0 Å².